The predicted octanol–water partition coefficient (Wildman–Crippen LogP) is 1.72. The van der Waals surface area contributed by atoms with Gasteiger partial charge in [0.15, 0.2) is 0 Å². The summed E-state index contributed by atoms with van der Waals surface area (Å²) in [6, 6.07) is 0. The van der Waals surface area contributed by atoms with Gasteiger partial charge >= 0.3 is 8.80 Å². The average molecular weight is 247 g/mol. The van der Waals surface area contributed by atoms with Crippen molar-refractivity contribution < 1.29 is 13.3 Å². The zero-order valence-electron chi connectivity index (χ0n) is 11.2. The van der Waals surface area contributed by atoms with Crippen molar-refractivity contribution in [2.45, 2.75) is 32.9 Å². The first kappa shape index (κ1) is 15.8. The van der Waals surface area contributed by atoms with E-state index in [-0.39, 0.29) is 5.67 Å². The molecule has 0 radical (unpaired) electrons. The van der Waals surface area contributed by atoms with E-state index in [0.717, 1.165) is 0 Å². The molecule has 0 aliphatic carbocycles. The molecule has 0 aromatic rings. The molecule has 1 atom stereocenters. The van der Waals surface area contributed by atoms with Gasteiger partial charge in [0.2, 0.25) is 0 Å². The number of allylic oxidation sites excluding steroid dienone is 1. The summed E-state index contributed by atoms with van der Waals surface area (Å²) in [5, 5.41) is 0. The molecule has 0 spiro atoms. The van der Waals surface area contributed by atoms with Gasteiger partial charge in [-0.15, -0.1) is 0 Å². The molecule has 0 aliphatic rings. The third-order valence-electron chi connectivity index (χ3n) is 2.91. The smallest absolute Gasteiger partial charge is 0.376 e. The van der Waals surface area contributed by atoms with Crippen LogP contribution < -0.4 is 5.73 Å². The Balaban J connectivity index is 4.54. The van der Waals surface area contributed by atoms with Crippen LogP contribution in [0, 0.1) is 5.92 Å². The van der Waals surface area contributed by atoms with Crippen molar-refractivity contribution in [1.29, 1.82) is 0 Å². The topological polar surface area (TPSA) is 53.7 Å². The van der Waals surface area contributed by atoms with Gasteiger partial charge in [-0.3, -0.25) is 0 Å². The SMILES string of the molecule is CO[Si](OC)(OC)C(N)CC=C(C)C(C)C. The third kappa shape index (κ3) is 3.99. The molecule has 0 aliphatic heterocycles. The van der Waals surface area contributed by atoms with Crippen LogP contribution >= 0.6 is 0 Å². The first-order valence-electron chi connectivity index (χ1n) is 5.51. The molecule has 0 aromatic heterocycles. The Kier molecular flexibility index (Phi) is 7.10. The highest BCUT2D eigenvalue weighted by molar-refractivity contribution is 6.62. The maximum absolute atomic E-state index is 6.08. The summed E-state index contributed by atoms with van der Waals surface area (Å²) in [7, 11) is 2.06. The molecule has 0 heterocycles. The maximum Gasteiger partial charge on any atom is 0.518 e. The minimum absolute atomic E-state index is 0.221. The van der Waals surface area contributed by atoms with Crippen molar-refractivity contribution >= 4 is 8.80 Å². The Hall–Kier alpha value is -0.203. The number of rotatable bonds is 7. The van der Waals surface area contributed by atoms with Crippen LogP contribution in [-0.2, 0) is 13.3 Å². The molecule has 5 heteroatoms. The van der Waals surface area contributed by atoms with Gasteiger partial charge in [-0.25, -0.2) is 0 Å². The zero-order valence-corrected chi connectivity index (χ0v) is 12.2. The van der Waals surface area contributed by atoms with Crippen molar-refractivity contribution in [3.8, 4) is 0 Å². The Morgan fingerprint density at radius 3 is 1.94 bits per heavy atom. The van der Waals surface area contributed by atoms with Gasteiger partial charge in [0.05, 0.1) is 5.67 Å². The van der Waals surface area contributed by atoms with Crippen molar-refractivity contribution in [2.75, 3.05) is 21.3 Å². The second-order valence-corrected chi connectivity index (χ2v) is 7.33. The van der Waals surface area contributed by atoms with E-state index in [4.69, 9.17) is 19.0 Å². The highest BCUT2D eigenvalue weighted by Gasteiger charge is 2.44. The summed E-state index contributed by atoms with van der Waals surface area (Å²) >= 11 is 0. The summed E-state index contributed by atoms with van der Waals surface area (Å²) in [5.74, 6) is 0.538. The molecule has 4 nitrogen and oxygen atoms in total. The molecule has 0 bridgehead atoms. The summed E-state index contributed by atoms with van der Waals surface area (Å²) < 4.78 is 16.0. The van der Waals surface area contributed by atoms with E-state index in [1.165, 1.54) is 5.57 Å². The molecule has 0 aromatic carbocycles. The predicted molar refractivity (Wildman–Crippen MR) is 68.0 cm³/mol. The molecular weight excluding hydrogens is 222 g/mol. The third-order valence-corrected chi connectivity index (χ3v) is 5.76. The Morgan fingerprint density at radius 2 is 1.62 bits per heavy atom. The minimum atomic E-state index is -2.69. The Morgan fingerprint density at radius 1 is 1.19 bits per heavy atom. The van der Waals surface area contributed by atoms with Crippen molar-refractivity contribution in [3.63, 3.8) is 0 Å². The van der Waals surface area contributed by atoms with Gasteiger partial charge in [0, 0.05) is 21.3 Å². The zero-order chi connectivity index (χ0) is 12.8. The van der Waals surface area contributed by atoms with Crippen LogP contribution in [0.4, 0.5) is 0 Å². The number of nitrogens with two attached hydrogens (primary N) is 1. The molecule has 0 saturated heterocycles. The first-order valence-corrected chi connectivity index (χ1v) is 7.31. The first-order chi connectivity index (χ1) is 7.43. The van der Waals surface area contributed by atoms with Crippen LogP contribution in [0.15, 0.2) is 11.6 Å². The van der Waals surface area contributed by atoms with Crippen LogP contribution in [-0.4, -0.2) is 35.8 Å². The molecular formula is C11H25NO3Si. The summed E-state index contributed by atoms with van der Waals surface area (Å²) in [6.07, 6.45) is 2.85. The molecule has 0 saturated carbocycles. The second kappa shape index (κ2) is 7.19. The van der Waals surface area contributed by atoms with Crippen molar-refractivity contribution in [2.24, 2.45) is 11.7 Å². The summed E-state index contributed by atoms with van der Waals surface area (Å²) in [4.78, 5) is 0. The number of hydrogen-bond donors (Lipinski definition) is 1. The van der Waals surface area contributed by atoms with Crippen LogP contribution in [0.2, 0.25) is 0 Å². The molecule has 1 unspecified atom stereocenters. The number of hydrogen-bond acceptors (Lipinski definition) is 4. The lowest BCUT2D eigenvalue weighted by molar-refractivity contribution is 0.113. The van der Waals surface area contributed by atoms with E-state index in [9.17, 15) is 0 Å². The molecule has 0 rings (SSSR count). The lowest BCUT2D eigenvalue weighted by Gasteiger charge is -2.29. The largest absolute Gasteiger partial charge is 0.518 e. The van der Waals surface area contributed by atoms with E-state index < -0.39 is 8.80 Å². The summed E-state index contributed by atoms with van der Waals surface area (Å²) in [5.41, 5.74) is 7.17. The van der Waals surface area contributed by atoms with Gasteiger partial charge in [0.25, 0.3) is 0 Å². The van der Waals surface area contributed by atoms with Gasteiger partial charge in [-0.1, -0.05) is 25.5 Å². The summed E-state index contributed by atoms with van der Waals surface area (Å²) in [6.45, 7) is 6.42. The van der Waals surface area contributed by atoms with Gasteiger partial charge in [-0.05, 0) is 19.3 Å². The molecule has 2 N–H and O–H groups in total. The van der Waals surface area contributed by atoms with Crippen LogP contribution in [0.1, 0.15) is 27.2 Å². The van der Waals surface area contributed by atoms with E-state index in [0.29, 0.717) is 12.3 Å². The van der Waals surface area contributed by atoms with E-state index in [2.05, 4.69) is 26.8 Å². The highest BCUT2D eigenvalue weighted by Crippen LogP contribution is 2.16. The average Bonchev–Trinajstić information content (AvgIpc) is 2.28. The standard InChI is InChI=1S/C11H25NO3Si/c1-9(2)10(3)7-8-11(12)16(13-4,14-5)15-6/h7,9,11H,8,12H2,1-6H3. The van der Waals surface area contributed by atoms with Crippen molar-refractivity contribution in [3.05, 3.63) is 11.6 Å². The monoisotopic (exact) mass is 247 g/mol. The fourth-order valence-corrected chi connectivity index (χ4v) is 3.21. The molecule has 0 amide bonds. The lowest BCUT2D eigenvalue weighted by Crippen LogP contribution is -2.58. The molecule has 0 fully saturated rings. The highest BCUT2D eigenvalue weighted by atomic mass is 28.4. The molecule has 16 heavy (non-hydrogen) atoms. The van der Waals surface area contributed by atoms with Gasteiger partial charge < -0.3 is 19.0 Å². The molecule has 96 valence electrons. The van der Waals surface area contributed by atoms with Crippen LogP contribution in [0.5, 0.6) is 0 Å². The fraction of sp³-hybridized carbons (Fsp3) is 0.818. The maximum atomic E-state index is 6.08. The Bertz CT molecular complexity index is 219. The van der Waals surface area contributed by atoms with Crippen molar-refractivity contribution in [1.82, 2.24) is 0 Å². The van der Waals surface area contributed by atoms with Gasteiger partial charge in [-0.2, -0.15) is 0 Å². The normalized spacial score (nSPS) is 15.6. The van der Waals surface area contributed by atoms with Gasteiger partial charge in [0.1, 0.15) is 0 Å². The minimum Gasteiger partial charge on any atom is -0.376 e. The van der Waals surface area contributed by atoms with E-state index in [1.54, 1.807) is 21.3 Å². The van der Waals surface area contributed by atoms with Crippen LogP contribution in [0.3, 0.4) is 0 Å². The van der Waals surface area contributed by atoms with E-state index >= 15 is 0 Å². The van der Waals surface area contributed by atoms with E-state index in [1.807, 2.05) is 0 Å². The second-order valence-electron chi connectivity index (χ2n) is 4.16. The fourth-order valence-electron chi connectivity index (χ4n) is 1.40. The Labute approximate surface area is 100 Å². The van der Waals surface area contributed by atoms with Crippen LogP contribution in [0.25, 0.3) is 0 Å². The quantitative estimate of drug-likeness (QED) is 0.550. The lowest BCUT2D eigenvalue weighted by atomic mass is 10.0.